The molecule has 0 atom stereocenters. The molecular formula is C16H15ClN4O4. The molecule has 0 fully saturated rings. The van der Waals surface area contributed by atoms with E-state index in [0.29, 0.717) is 10.7 Å². The quantitative estimate of drug-likeness (QED) is 0.650. The molecular weight excluding hydrogens is 348 g/mol. The SMILES string of the molecule is CCOC(=O)Cn1nc2c(=O)n(-c3cccc(Cl)c3C)ccn2c1=O. The fraction of sp³-hybridized carbons (Fsp3) is 0.250. The highest BCUT2D eigenvalue weighted by molar-refractivity contribution is 6.31. The molecule has 8 nitrogen and oxygen atoms in total. The highest BCUT2D eigenvalue weighted by Crippen LogP contribution is 2.20. The molecule has 0 spiro atoms. The number of aromatic nitrogens is 4. The lowest BCUT2D eigenvalue weighted by Crippen LogP contribution is -2.26. The molecule has 0 bridgehead atoms. The molecule has 2 aromatic heterocycles. The van der Waals surface area contributed by atoms with Gasteiger partial charge in [0.1, 0.15) is 6.54 Å². The summed E-state index contributed by atoms with van der Waals surface area (Å²) in [6.45, 7) is 3.29. The van der Waals surface area contributed by atoms with Crippen LogP contribution in [0.5, 0.6) is 0 Å². The van der Waals surface area contributed by atoms with Gasteiger partial charge < -0.3 is 4.74 Å². The third kappa shape index (κ3) is 2.96. The molecule has 3 aromatic rings. The first-order valence-corrected chi connectivity index (χ1v) is 7.93. The lowest BCUT2D eigenvalue weighted by Gasteiger charge is -2.09. The molecule has 2 heterocycles. The molecule has 0 aliphatic rings. The van der Waals surface area contributed by atoms with E-state index in [1.807, 2.05) is 0 Å². The maximum atomic E-state index is 12.7. The third-order valence-corrected chi connectivity index (χ3v) is 4.14. The molecule has 1 aromatic carbocycles. The van der Waals surface area contributed by atoms with Crippen molar-refractivity contribution in [1.29, 1.82) is 0 Å². The molecule has 0 unspecified atom stereocenters. The number of carbonyl (C=O) groups is 1. The van der Waals surface area contributed by atoms with Gasteiger partial charge >= 0.3 is 17.2 Å². The first kappa shape index (κ1) is 17.0. The van der Waals surface area contributed by atoms with Gasteiger partial charge in [0.25, 0.3) is 0 Å². The van der Waals surface area contributed by atoms with Crippen LogP contribution in [0, 0.1) is 6.92 Å². The summed E-state index contributed by atoms with van der Waals surface area (Å²) in [6, 6.07) is 5.20. The molecule has 0 saturated heterocycles. The van der Waals surface area contributed by atoms with E-state index in [1.54, 1.807) is 32.0 Å². The summed E-state index contributed by atoms with van der Waals surface area (Å²) in [4.78, 5) is 36.6. The van der Waals surface area contributed by atoms with Crippen molar-refractivity contribution >= 4 is 23.2 Å². The number of benzene rings is 1. The Bertz CT molecular complexity index is 1080. The normalized spacial score (nSPS) is 11.0. The number of nitrogens with zero attached hydrogens (tertiary/aromatic N) is 4. The van der Waals surface area contributed by atoms with Crippen LogP contribution in [0.1, 0.15) is 12.5 Å². The summed E-state index contributed by atoms with van der Waals surface area (Å²) in [5, 5.41) is 4.49. The second-order valence-electron chi connectivity index (χ2n) is 5.30. The van der Waals surface area contributed by atoms with E-state index in [2.05, 4.69) is 5.10 Å². The average molecular weight is 363 g/mol. The number of halogens is 1. The zero-order valence-electron chi connectivity index (χ0n) is 13.6. The molecule has 130 valence electrons. The fourth-order valence-electron chi connectivity index (χ4n) is 2.49. The van der Waals surface area contributed by atoms with E-state index in [4.69, 9.17) is 16.3 Å². The lowest BCUT2D eigenvalue weighted by molar-refractivity contribution is -0.144. The van der Waals surface area contributed by atoms with Gasteiger partial charge in [-0.15, -0.1) is 5.10 Å². The van der Waals surface area contributed by atoms with E-state index in [0.717, 1.165) is 14.6 Å². The Hall–Kier alpha value is -2.87. The topological polar surface area (TPSA) is 87.6 Å². The molecule has 0 N–H and O–H groups in total. The van der Waals surface area contributed by atoms with Gasteiger partial charge in [-0.1, -0.05) is 17.7 Å². The number of rotatable bonds is 4. The van der Waals surface area contributed by atoms with Crippen molar-refractivity contribution in [3.63, 3.8) is 0 Å². The summed E-state index contributed by atoms with van der Waals surface area (Å²) in [7, 11) is 0. The van der Waals surface area contributed by atoms with Gasteiger partial charge in [-0.05, 0) is 31.5 Å². The highest BCUT2D eigenvalue weighted by atomic mass is 35.5. The van der Waals surface area contributed by atoms with Gasteiger partial charge in [0.05, 0.1) is 12.3 Å². The molecule has 0 aliphatic heterocycles. The van der Waals surface area contributed by atoms with Gasteiger partial charge in [0.15, 0.2) is 0 Å². The predicted octanol–water partition coefficient (Wildman–Crippen LogP) is 1.17. The lowest BCUT2D eigenvalue weighted by atomic mass is 10.2. The van der Waals surface area contributed by atoms with Crippen LogP contribution in [-0.2, 0) is 16.1 Å². The zero-order chi connectivity index (χ0) is 18.1. The van der Waals surface area contributed by atoms with Crippen molar-refractivity contribution in [3.05, 3.63) is 62.0 Å². The number of esters is 1. The molecule has 0 radical (unpaired) electrons. The molecule has 25 heavy (non-hydrogen) atoms. The zero-order valence-corrected chi connectivity index (χ0v) is 14.4. The Morgan fingerprint density at radius 1 is 1.28 bits per heavy atom. The minimum atomic E-state index is -0.598. The van der Waals surface area contributed by atoms with Crippen molar-refractivity contribution in [2.24, 2.45) is 0 Å². The van der Waals surface area contributed by atoms with Gasteiger partial charge in [0.2, 0.25) is 5.65 Å². The minimum absolute atomic E-state index is 0.0869. The standard InChI is InChI=1S/C16H15ClN4O4/c1-3-25-13(22)9-21-16(24)20-8-7-19(15(23)14(20)18-21)12-6-4-5-11(17)10(12)2/h4-8H,3,9H2,1-2H3. The van der Waals surface area contributed by atoms with E-state index in [-0.39, 0.29) is 18.8 Å². The Morgan fingerprint density at radius 3 is 2.76 bits per heavy atom. The van der Waals surface area contributed by atoms with Gasteiger partial charge in [-0.2, -0.15) is 0 Å². The Kier molecular flexibility index (Phi) is 4.45. The number of ether oxygens (including phenoxy) is 1. The van der Waals surface area contributed by atoms with Crippen LogP contribution in [0.3, 0.4) is 0 Å². The van der Waals surface area contributed by atoms with Gasteiger partial charge in [-0.25, -0.2) is 13.9 Å². The van der Waals surface area contributed by atoms with Gasteiger partial charge in [-0.3, -0.25) is 14.2 Å². The monoisotopic (exact) mass is 362 g/mol. The van der Waals surface area contributed by atoms with Crippen LogP contribution in [0.4, 0.5) is 0 Å². The van der Waals surface area contributed by atoms with Gasteiger partial charge in [0, 0.05) is 17.4 Å². The Morgan fingerprint density at radius 2 is 2.04 bits per heavy atom. The molecule has 0 amide bonds. The second-order valence-corrected chi connectivity index (χ2v) is 5.70. The number of carbonyl (C=O) groups excluding carboxylic acids is 1. The van der Waals surface area contributed by atoms with Crippen molar-refractivity contribution in [2.75, 3.05) is 6.61 Å². The summed E-state index contributed by atoms with van der Waals surface area (Å²) >= 11 is 6.11. The predicted molar refractivity (Wildman–Crippen MR) is 91.4 cm³/mol. The van der Waals surface area contributed by atoms with Crippen LogP contribution in [0.15, 0.2) is 40.2 Å². The number of hydrogen-bond acceptors (Lipinski definition) is 5. The van der Waals surface area contributed by atoms with Crippen LogP contribution >= 0.6 is 11.6 Å². The van der Waals surface area contributed by atoms with Crippen molar-refractivity contribution in [3.8, 4) is 5.69 Å². The molecule has 0 saturated carbocycles. The van der Waals surface area contributed by atoms with Crippen LogP contribution in [0.2, 0.25) is 5.02 Å². The highest BCUT2D eigenvalue weighted by Gasteiger charge is 2.16. The summed E-state index contributed by atoms with van der Waals surface area (Å²) in [6.07, 6.45) is 2.89. The minimum Gasteiger partial charge on any atom is -0.465 e. The fourth-order valence-corrected chi connectivity index (χ4v) is 2.66. The van der Waals surface area contributed by atoms with E-state index in [1.165, 1.54) is 17.0 Å². The third-order valence-electron chi connectivity index (χ3n) is 3.73. The van der Waals surface area contributed by atoms with Crippen LogP contribution in [-0.4, -0.2) is 31.3 Å². The number of hydrogen-bond donors (Lipinski definition) is 0. The van der Waals surface area contributed by atoms with Crippen LogP contribution < -0.4 is 11.2 Å². The largest absolute Gasteiger partial charge is 0.465 e. The maximum Gasteiger partial charge on any atom is 0.351 e. The summed E-state index contributed by atoms with van der Waals surface area (Å²) in [5.74, 6) is -0.598. The summed E-state index contributed by atoms with van der Waals surface area (Å²) < 4.78 is 8.16. The van der Waals surface area contributed by atoms with E-state index in [9.17, 15) is 14.4 Å². The Balaban J connectivity index is 2.15. The second kappa shape index (κ2) is 6.56. The average Bonchev–Trinajstić information content (AvgIpc) is 2.88. The molecule has 0 aliphatic carbocycles. The van der Waals surface area contributed by atoms with Crippen molar-refractivity contribution in [2.45, 2.75) is 20.4 Å². The van der Waals surface area contributed by atoms with E-state index >= 15 is 0 Å². The molecule has 9 heteroatoms. The van der Waals surface area contributed by atoms with E-state index < -0.39 is 17.2 Å². The smallest absolute Gasteiger partial charge is 0.351 e. The van der Waals surface area contributed by atoms with Crippen molar-refractivity contribution < 1.29 is 9.53 Å². The first-order chi connectivity index (χ1) is 11.9. The van der Waals surface area contributed by atoms with Crippen LogP contribution in [0.25, 0.3) is 11.3 Å². The first-order valence-electron chi connectivity index (χ1n) is 7.56. The van der Waals surface area contributed by atoms with Crippen molar-refractivity contribution in [1.82, 2.24) is 18.7 Å². The number of fused-ring (bicyclic) bond motifs is 1. The Labute approximate surface area is 146 Å². The maximum absolute atomic E-state index is 12.7. The summed E-state index contributed by atoms with van der Waals surface area (Å²) in [5.41, 5.74) is 0.148. The molecule has 3 rings (SSSR count).